The van der Waals surface area contributed by atoms with E-state index in [0.717, 1.165) is 116 Å². The third-order valence-electron chi connectivity index (χ3n) is 13.8. The Balaban J connectivity index is 0.929. The number of fused-ring (bicyclic) bond motifs is 2. The first-order valence-corrected chi connectivity index (χ1v) is 25.3. The Morgan fingerprint density at radius 3 is 1.08 bits per heavy atom. The van der Waals surface area contributed by atoms with Crippen molar-refractivity contribution in [2.24, 2.45) is 5.92 Å². The molecule has 2 aromatic heterocycles. The average molecular weight is 926 g/mol. The minimum Gasteiger partial charge on any atom is -0.311 e. The highest BCUT2D eigenvalue weighted by Crippen LogP contribution is 2.44. The summed E-state index contributed by atoms with van der Waals surface area (Å²) in [5, 5.41) is 10.6. The van der Waals surface area contributed by atoms with Crippen molar-refractivity contribution in [3.63, 3.8) is 0 Å². The number of allylic oxidation sites excluding steroid dienone is 8. The minimum absolute atomic E-state index is 0.227. The number of nitrogens with zero attached hydrogens (tertiary/aromatic N) is 7. The zero-order chi connectivity index (χ0) is 48.3. The van der Waals surface area contributed by atoms with Gasteiger partial charge >= 0.3 is 0 Å². The van der Waals surface area contributed by atoms with E-state index >= 15 is 0 Å². The van der Waals surface area contributed by atoms with Gasteiger partial charge in [0.25, 0.3) is 0 Å². The van der Waals surface area contributed by atoms with Crippen molar-refractivity contribution in [2.75, 3.05) is 9.80 Å². The molecule has 0 amide bonds. The maximum absolute atomic E-state index is 5.52. The quantitative estimate of drug-likeness (QED) is 0.108. The fourth-order valence-electron chi connectivity index (χ4n) is 10.3. The van der Waals surface area contributed by atoms with Gasteiger partial charge in [0.2, 0.25) is 0 Å². The number of anilines is 6. The van der Waals surface area contributed by atoms with Gasteiger partial charge in [0, 0.05) is 57.1 Å². The molecule has 0 bridgehead atoms. The van der Waals surface area contributed by atoms with E-state index in [9.17, 15) is 0 Å². The summed E-state index contributed by atoms with van der Waals surface area (Å²) < 4.78 is 0. The molecular formula is C64H59N7. The van der Waals surface area contributed by atoms with Crippen LogP contribution in [0.4, 0.5) is 34.1 Å². The molecule has 0 fully saturated rings. The number of rotatable bonds is 14. The van der Waals surface area contributed by atoms with Crippen LogP contribution in [0.3, 0.4) is 0 Å². The van der Waals surface area contributed by atoms with Gasteiger partial charge in [-0.2, -0.15) is 15.0 Å². The molecule has 2 aliphatic carbocycles. The third-order valence-corrected chi connectivity index (χ3v) is 13.8. The predicted octanol–water partition coefficient (Wildman–Crippen LogP) is 16.3. The van der Waals surface area contributed by atoms with Crippen LogP contribution in [0.1, 0.15) is 86.0 Å². The highest BCUT2D eigenvalue weighted by atomic mass is 15.5. The molecule has 2 unspecified atom stereocenters. The van der Waals surface area contributed by atoms with E-state index in [1.807, 2.05) is 4.80 Å². The molecule has 11 rings (SSSR count). The van der Waals surface area contributed by atoms with Crippen molar-refractivity contribution >= 4 is 67.3 Å². The monoisotopic (exact) mass is 925 g/mol. The van der Waals surface area contributed by atoms with Gasteiger partial charge in [-0.3, -0.25) is 0 Å². The minimum atomic E-state index is 0.227. The largest absolute Gasteiger partial charge is 0.311 e. The Hall–Kier alpha value is -8.16. The Bertz CT molecular complexity index is 3120. The van der Waals surface area contributed by atoms with Crippen molar-refractivity contribution in [1.29, 1.82) is 0 Å². The van der Waals surface area contributed by atoms with Crippen LogP contribution in [0.5, 0.6) is 0 Å². The van der Waals surface area contributed by atoms with Crippen molar-refractivity contribution < 1.29 is 0 Å². The number of para-hydroxylation sites is 4. The van der Waals surface area contributed by atoms with E-state index < -0.39 is 0 Å². The molecule has 0 N–H and O–H groups in total. The van der Waals surface area contributed by atoms with Crippen LogP contribution in [0.2, 0.25) is 0 Å². The maximum atomic E-state index is 5.52. The zero-order valence-electron chi connectivity index (χ0n) is 41.0. The van der Waals surface area contributed by atoms with Gasteiger partial charge in [0.1, 0.15) is 11.0 Å². The summed E-state index contributed by atoms with van der Waals surface area (Å²) >= 11 is 0. The van der Waals surface area contributed by atoms with Gasteiger partial charge in [0.05, 0.1) is 29.0 Å². The van der Waals surface area contributed by atoms with E-state index in [1.165, 1.54) is 11.1 Å². The number of hydrogen-bond acceptors (Lipinski definition) is 6. The fraction of sp³-hybridized carbons (Fsp3) is 0.188. The van der Waals surface area contributed by atoms with Crippen LogP contribution >= 0.6 is 0 Å². The van der Waals surface area contributed by atoms with Crippen LogP contribution in [0.25, 0.3) is 33.2 Å². The molecule has 0 saturated carbocycles. The number of hydrogen-bond donors (Lipinski definition) is 0. The van der Waals surface area contributed by atoms with E-state index in [1.54, 1.807) is 0 Å². The van der Waals surface area contributed by atoms with Crippen molar-refractivity contribution in [3.05, 3.63) is 240 Å². The first kappa shape index (κ1) is 45.3. The molecule has 0 saturated heterocycles. The van der Waals surface area contributed by atoms with Crippen molar-refractivity contribution in [3.8, 4) is 0 Å². The Morgan fingerprint density at radius 1 is 0.451 bits per heavy atom. The van der Waals surface area contributed by atoms with Gasteiger partial charge in [-0.1, -0.05) is 161 Å². The van der Waals surface area contributed by atoms with Crippen molar-refractivity contribution in [2.45, 2.75) is 71.8 Å². The summed E-state index contributed by atoms with van der Waals surface area (Å²) in [6, 6.07) is 60.4. The second-order valence-electron chi connectivity index (χ2n) is 19.0. The molecular weight excluding hydrogens is 867 g/mol. The zero-order valence-corrected chi connectivity index (χ0v) is 41.0. The Kier molecular flexibility index (Phi) is 12.8. The summed E-state index contributed by atoms with van der Waals surface area (Å²) in [6.45, 7) is 9.51. The average Bonchev–Trinajstić information content (AvgIpc) is 3.83. The molecule has 7 aromatic carbocycles. The van der Waals surface area contributed by atoms with Gasteiger partial charge in [-0.25, -0.2) is 9.97 Å². The van der Waals surface area contributed by atoms with E-state index in [2.05, 4.69) is 244 Å². The van der Waals surface area contributed by atoms with Crippen LogP contribution in [-0.2, 0) is 19.4 Å². The molecule has 7 nitrogen and oxygen atoms in total. The number of aryl methyl sites for hydroxylation is 2. The first-order valence-electron chi connectivity index (χ1n) is 25.3. The summed E-state index contributed by atoms with van der Waals surface area (Å²) in [4.78, 5) is 17.6. The van der Waals surface area contributed by atoms with E-state index in [-0.39, 0.29) is 11.8 Å². The molecule has 2 aliphatic rings. The summed E-state index contributed by atoms with van der Waals surface area (Å²) in [5.74, 6) is 0.823. The van der Waals surface area contributed by atoms with Gasteiger partial charge in [0.15, 0.2) is 0 Å². The lowest BCUT2D eigenvalue weighted by Crippen LogP contribution is -2.10. The van der Waals surface area contributed by atoms with Crippen LogP contribution in [-0.4, -0.2) is 25.0 Å². The van der Waals surface area contributed by atoms with E-state index in [4.69, 9.17) is 20.2 Å². The van der Waals surface area contributed by atoms with Gasteiger partial charge < -0.3 is 9.80 Å². The normalized spacial score (nSPS) is 15.6. The smallest absolute Gasteiger partial charge is 0.124 e. The molecule has 9 aromatic rings. The SMILES string of the molecule is CCc1nc2c(C3=CCC(c4ccc(N(c5ccccc5)c5ccccc5)cc4)C=C3)c3nn(CC(C)C)nc3c(C3=CCC(c4ccc(N(c5ccccc5)c5ccccc5)cc4)C=C3)c2nc1CC. The lowest BCUT2D eigenvalue weighted by molar-refractivity contribution is 0.442. The van der Waals surface area contributed by atoms with Gasteiger partial charge in [-0.15, -0.1) is 0 Å². The highest BCUT2D eigenvalue weighted by molar-refractivity contribution is 6.13. The summed E-state index contributed by atoms with van der Waals surface area (Å²) in [7, 11) is 0. The van der Waals surface area contributed by atoms with Crippen LogP contribution in [0.15, 0.2) is 206 Å². The second-order valence-corrected chi connectivity index (χ2v) is 19.0. The van der Waals surface area contributed by atoms with Crippen molar-refractivity contribution in [1.82, 2.24) is 25.0 Å². The molecule has 0 aliphatic heterocycles. The highest BCUT2D eigenvalue weighted by Gasteiger charge is 2.28. The van der Waals surface area contributed by atoms with E-state index in [0.29, 0.717) is 12.5 Å². The first-order chi connectivity index (χ1) is 34.9. The topological polar surface area (TPSA) is 63.0 Å². The molecule has 0 radical (unpaired) electrons. The number of benzene rings is 7. The fourth-order valence-corrected chi connectivity index (χ4v) is 10.3. The lowest BCUT2D eigenvalue weighted by Gasteiger charge is -2.26. The molecule has 350 valence electrons. The maximum Gasteiger partial charge on any atom is 0.124 e. The molecule has 0 spiro atoms. The number of aromatic nitrogens is 5. The Morgan fingerprint density at radius 2 is 0.789 bits per heavy atom. The van der Waals surface area contributed by atoms with Crippen LogP contribution < -0.4 is 9.80 Å². The molecule has 7 heteroatoms. The lowest BCUT2D eigenvalue weighted by atomic mass is 9.85. The van der Waals surface area contributed by atoms with Crippen LogP contribution in [0, 0.1) is 5.92 Å². The van der Waals surface area contributed by atoms with Gasteiger partial charge in [-0.05, 0) is 127 Å². The third kappa shape index (κ3) is 9.12. The summed E-state index contributed by atoms with van der Waals surface area (Å²) in [5.41, 5.74) is 19.2. The molecule has 2 atom stereocenters. The predicted molar refractivity (Wildman–Crippen MR) is 295 cm³/mol. The Labute approximate surface area is 417 Å². The molecule has 71 heavy (non-hydrogen) atoms. The summed E-state index contributed by atoms with van der Waals surface area (Å²) in [6.07, 6.45) is 17.3. The second kappa shape index (κ2) is 20.1. The standard InChI is InChI=1S/C64H59N7/c1-5-57-58(6-2)66-62-60(50-33-29-46(30-34-50)48-37-41-56(42-38-48)71(53-23-15-9-16-24-53)54-25-17-10-18-26-54)64-63(67-69(68-64)43-44(3)4)59(61(62)65-57)49-31-27-45(28-32-49)47-35-39-55(40-36-47)70(51-19-11-7-12-20-51)52-21-13-8-14-22-52/h7-27,29,31-42,44-46H,5-6,28,30,43H2,1-4H3. The molecule has 2 heterocycles.